The number of hydrogen-bond donors (Lipinski definition) is 0. The van der Waals surface area contributed by atoms with Gasteiger partial charge in [-0.2, -0.15) is 9.65 Å². The third-order valence-corrected chi connectivity index (χ3v) is 3.82. The quantitative estimate of drug-likeness (QED) is 0.736. The van der Waals surface area contributed by atoms with Gasteiger partial charge in [0.15, 0.2) is 5.13 Å². The summed E-state index contributed by atoms with van der Waals surface area (Å²) in [7, 11) is 0. The van der Waals surface area contributed by atoms with Crippen LogP contribution in [0.25, 0.3) is 10.1 Å². The van der Waals surface area contributed by atoms with Crippen LogP contribution in [0.3, 0.4) is 0 Å². The van der Waals surface area contributed by atoms with Gasteiger partial charge >= 0.3 is 0 Å². The molecule has 0 saturated carbocycles. The van der Waals surface area contributed by atoms with E-state index in [-0.39, 0.29) is 5.13 Å². The van der Waals surface area contributed by atoms with E-state index in [4.69, 9.17) is 5.26 Å². The highest BCUT2D eigenvalue weighted by Gasteiger charge is 2.05. The number of nitrogens with zero attached hydrogens (tertiary/aromatic N) is 1. The van der Waals surface area contributed by atoms with Crippen molar-refractivity contribution in [3.63, 3.8) is 0 Å². The molecule has 0 saturated heterocycles. The Bertz CT molecular complexity index is 527. The standard InChI is InChI=1S/C10H5FINS/c11-10-4-7-3-6(1-2-13)8(12)5-9(7)14-10/h3-5H,1H2. The zero-order chi connectivity index (χ0) is 10.1. The van der Waals surface area contributed by atoms with Crippen molar-refractivity contribution in [2.24, 2.45) is 0 Å². The second-order valence-electron chi connectivity index (χ2n) is 2.87. The zero-order valence-electron chi connectivity index (χ0n) is 7.05. The first-order chi connectivity index (χ1) is 6.70. The average molecular weight is 317 g/mol. The number of fused-ring (bicyclic) bond motifs is 1. The van der Waals surface area contributed by atoms with Gasteiger partial charge in [-0.1, -0.05) is 0 Å². The van der Waals surface area contributed by atoms with Crippen LogP contribution in [-0.2, 0) is 6.42 Å². The summed E-state index contributed by atoms with van der Waals surface area (Å²) in [5.74, 6) is 0. The van der Waals surface area contributed by atoms with Gasteiger partial charge in [0.05, 0.1) is 12.5 Å². The molecule has 0 N–H and O–H groups in total. The van der Waals surface area contributed by atoms with Crippen LogP contribution in [0.1, 0.15) is 5.56 Å². The van der Waals surface area contributed by atoms with Crippen LogP contribution in [0.2, 0.25) is 0 Å². The van der Waals surface area contributed by atoms with Gasteiger partial charge in [-0.25, -0.2) is 0 Å². The summed E-state index contributed by atoms with van der Waals surface area (Å²) in [5.41, 5.74) is 0.971. The molecule has 1 heterocycles. The maximum absolute atomic E-state index is 12.9. The highest BCUT2D eigenvalue weighted by Crippen LogP contribution is 2.28. The molecule has 0 spiro atoms. The molecule has 0 bridgehead atoms. The van der Waals surface area contributed by atoms with E-state index in [2.05, 4.69) is 28.7 Å². The lowest BCUT2D eigenvalue weighted by Crippen LogP contribution is -1.85. The van der Waals surface area contributed by atoms with Crippen molar-refractivity contribution in [2.45, 2.75) is 6.42 Å². The van der Waals surface area contributed by atoms with E-state index in [9.17, 15) is 4.39 Å². The minimum absolute atomic E-state index is 0.176. The van der Waals surface area contributed by atoms with Gasteiger partial charge in [-0.15, -0.1) is 11.3 Å². The van der Waals surface area contributed by atoms with Gasteiger partial charge in [-0.05, 0) is 51.7 Å². The van der Waals surface area contributed by atoms with E-state index < -0.39 is 0 Å². The van der Waals surface area contributed by atoms with Crippen LogP contribution in [0, 0.1) is 20.0 Å². The fraction of sp³-hybridized carbons (Fsp3) is 0.100. The molecule has 2 rings (SSSR count). The number of nitriles is 1. The Morgan fingerprint density at radius 3 is 2.93 bits per heavy atom. The zero-order valence-corrected chi connectivity index (χ0v) is 10.0. The number of benzene rings is 1. The van der Waals surface area contributed by atoms with Crippen LogP contribution >= 0.6 is 33.9 Å². The summed E-state index contributed by atoms with van der Waals surface area (Å²) in [4.78, 5) is 0. The molecule has 0 fully saturated rings. The topological polar surface area (TPSA) is 23.8 Å². The number of thiophene rings is 1. The first-order valence-corrected chi connectivity index (χ1v) is 5.84. The molecule has 14 heavy (non-hydrogen) atoms. The number of hydrogen-bond acceptors (Lipinski definition) is 2. The Balaban J connectivity index is 2.65. The second-order valence-corrected chi connectivity index (χ2v) is 5.06. The van der Waals surface area contributed by atoms with Crippen molar-refractivity contribution < 1.29 is 4.39 Å². The minimum atomic E-state index is -0.176. The van der Waals surface area contributed by atoms with Gasteiger partial charge in [0.25, 0.3) is 0 Å². The van der Waals surface area contributed by atoms with E-state index in [0.717, 1.165) is 30.6 Å². The monoisotopic (exact) mass is 317 g/mol. The fourth-order valence-corrected chi connectivity index (χ4v) is 2.98. The summed E-state index contributed by atoms with van der Waals surface area (Å²) in [6.45, 7) is 0. The van der Waals surface area contributed by atoms with Gasteiger partial charge in [-0.3, -0.25) is 0 Å². The first-order valence-electron chi connectivity index (χ1n) is 3.95. The lowest BCUT2D eigenvalue weighted by Gasteiger charge is -1.99. The molecule has 0 unspecified atom stereocenters. The highest BCUT2D eigenvalue weighted by atomic mass is 127. The van der Waals surface area contributed by atoms with Crippen LogP contribution in [0.4, 0.5) is 4.39 Å². The normalized spacial score (nSPS) is 10.4. The van der Waals surface area contributed by atoms with Crippen molar-refractivity contribution in [3.05, 3.63) is 32.5 Å². The van der Waals surface area contributed by atoms with Gasteiger partial charge in [0.1, 0.15) is 0 Å². The molecule has 70 valence electrons. The molecule has 1 aromatic heterocycles. The smallest absolute Gasteiger partial charge is 0.177 e. The Labute approximate surface area is 98.3 Å². The molecular formula is C10H5FINS. The minimum Gasteiger partial charge on any atom is -0.198 e. The molecule has 1 nitrogen and oxygen atoms in total. The second kappa shape index (κ2) is 3.83. The molecular weight excluding hydrogens is 312 g/mol. The molecule has 0 aliphatic rings. The summed E-state index contributed by atoms with van der Waals surface area (Å²) >= 11 is 3.31. The van der Waals surface area contributed by atoms with Crippen LogP contribution in [-0.4, -0.2) is 0 Å². The predicted molar refractivity (Wildman–Crippen MR) is 63.8 cm³/mol. The SMILES string of the molecule is N#CCc1cc2cc(F)sc2cc1I. The Kier molecular flexibility index (Phi) is 2.70. The maximum Gasteiger partial charge on any atom is 0.177 e. The van der Waals surface area contributed by atoms with Crippen LogP contribution < -0.4 is 0 Å². The van der Waals surface area contributed by atoms with Crippen molar-refractivity contribution in [2.75, 3.05) is 0 Å². The molecule has 0 amide bonds. The first kappa shape index (κ1) is 9.87. The lowest BCUT2D eigenvalue weighted by molar-refractivity contribution is 0.658. The summed E-state index contributed by atoms with van der Waals surface area (Å²) in [6, 6.07) is 7.43. The predicted octanol–water partition coefficient (Wildman–Crippen LogP) is 3.71. The molecule has 0 aliphatic carbocycles. The van der Waals surface area contributed by atoms with E-state index >= 15 is 0 Å². The fourth-order valence-electron chi connectivity index (χ4n) is 1.30. The molecule has 0 aliphatic heterocycles. The van der Waals surface area contributed by atoms with Crippen molar-refractivity contribution >= 4 is 44.0 Å². The van der Waals surface area contributed by atoms with E-state index in [0.29, 0.717) is 6.42 Å². The van der Waals surface area contributed by atoms with Crippen molar-refractivity contribution in [1.82, 2.24) is 0 Å². The maximum atomic E-state index is 12.9. The average Bonchev–Trinajstić information content (AvgIpc) is 2.45. The van der Waals surface area contributed by atoms with Gasteiger partial charge < -0.3 is 0 Å². The number of rotatable bonds is 1. The third-order valence-electron chi connectivity index (χ3n) is 1.92. The van der Waals surface area contributed by atoms with Crippen LogP contribution in [0.5, 0.6) is 0 Å². The molecule has 1 aromatic carbocycles. The summed E-state index contributed by atoms with van der Waals surface area (Å²) in [5, 5.41) is 9.31. The molecule has 0 atom stereocenters. The largest absolute Gasteiger partial charge is 0.198 e. The Morgan fingerprint density at radius 2 is 2.21 bits per heavy atom. The Morgan fingerprint density at radius 1 is 1.43 bits per heavy atom. The van der Waals surface area contributed by atoms with Crippen molar-refractivity contribution in [1.29, 1.82) is 5.26 Å². The van der Waals surface area contributed by atoms with E-state index in [1.807, 2.05) is 12.1 Å². The summed E-state index contributed by atoms with van der Waals surface area (Å²) < 4.78 is 14.9. The van der Waals surface area contributed by atoms with Crippen molar-refractivity contribution in [3.8, 4) is 6.07 Å². The highest BCUT2D eigenvalue weighted by molar-refractivity contribution is 14.1. The van der Waals surface area contributed by atoms with E-state index in [1.165, 1.54) is 6.07 Å². The van der Waals surface area contributed by atoms with E-state index in [1.54, 1.807) is 0 Å². The van der Waals surface area contributed by atoms with Crippen LogP contribution in [0.15, 0.2) is 18.2 Å². The van der Waals surface area contributed by atoms with Gasteiger partial charge in [0.2, 0.25) is 0 Å². The molecule has 4 heteroatoms. The third kappa shape index (κ3) is 1.74. The van der Waals surface area contributed by atoms with Gasteiger partial charge in [0, 0.05) is 8.27 Å². The molecule has 2 aromatic rings. The summed E-state index contributed by atoms with van der Waals surface area (Å²) in [6.07, 6.45) is 0.381. The Hall–Kier alpha value is -0.670. The molecule has 0 radical (unpaired) electrons. The number of halogens is 2. The lowest BCUT2D eigenvalue weighted by atomic mass is 10.1.